The number of fused-ring (bicyclic) bond motifs is 2. The van der Waals surface area contributed by atoms with Crippen molar-refractivity contribution in [1.29, 1.82) is 0 Å². The molecule has 0 unspecified atom stereocenters. The molecule has 6 atom stereocenters. The monoisotopic (exact) mass is 627 g/mol. The Labute approximate surface area is 242 Å². The van der Waals surface area contributed by atoms with Crippen LogP contribution < -0.4 is 4.65 Å². The van der Waals surface area contributed by atoms with Gasteiger partial charge in [-0.15, -0.1) is 0 Å². The van der Waals surface area contributed by atoms with Gasteiger partial charge in [0.25, 0.3) is 0 Å². The molecule has 0 bridgehead atoms. The summed E-state index contributed by atoms with van der Waals surface area (Å²) in [6.07, 6.45) is 4.26. The van der Waals surface area contributed by atoms with Gasteiger partial charge in [-0.05, 0) is 47.9 Å². The van der Waals surface area contributed by atoms with E-state index in [1.165, 1.54) is 18.2 Å². The van der Waals surface area contributed by atoms with Crippen molar-refractivity contribution in [2.24, 2.45) is 23.7 Å². The molecule has 6 rings (SSSR count). The van der Waals surface area contributed by atoms with Crippen molar-refractivity contribution in [1.82, 2.24) is 0 Å². The van der Waals surface area contributed by atoms with Crippen molar-refractivity contribution in [3.05, 3.63) is 106 Å². The fourth-order valence-electron chi connectivity index (χ4n) is 4.92. The zero-order valence-electron chi connectivity index (χ0n) is 21.6. The summed E-state index contributed by atoms with van der Waals surface area (Å²) in [5.41, 5.74) is -3.61. The molecule has 1 radical (unpaired) electrons. The zero-order valence-corrected chi connectivity index (χ0v) is 22.4. The molecule has 0 saturated heterocycles. The highest BCUT2D eigenvalue weighted by Gasteiger charge is 2.61. The smallest absolute Gasteiger partial charge is 0.537 e. The first-order chi connectivity index (χ1) is 20.2. The second-order valence-corrected chi connectivity index (χ2v) is 11.4. The Balaban J connectivity index is 0.000000151. The average Bonchev–Trinajstić information content (AvgIpc) is 3.64. The first-order valence-corrected chi connectivity index (χ1v) is 13.8. The number of halogens is 7. The molecule has 0 aromatic heterocycles. The van der Waals surface area contributed by atoms with Gasteiger partial charge in [-0.3, -0.25) is 0 Å². The SMILES string of the molecule is O[B]Oc1ccc(F)c(F)c1.[C-]#[N+][C@@H]1[C@H]2C=C(OS(=O)(=O)C(F)(F)F)C[C@H]21.[C-]#[N+][C@@H]1[C@H]2C=C(c3ccc(F)c(F)c3)C[C@H]21. The van der Waals surface area contributed by atoms with E-state index in [0.29, 0.717) is 19.5 Å². The molecular formula is C27H19BF7N2O5S. The van der Waals surface area contributed by atoms with Crippen molar-refractivity contribution in [3.8, 4) is 5.75 Å². The van der Waals surface area contributed by atoms with Crippen LogP contribution in [0.4, 0.5) is 30.7 Å². The van der Waals surface area contributed by atoms with E-state index in [-0.39, 0.29) is 41.8 Å². The molecule has 43 heavy (non-hydrogen) atoms. The van der Waals surface area contributed by atoms with Crippen molar-refractivity contribution in [2.45, 2.75) is 30.4 Å². The largest absolute Gasteiger partial charge is 0.569 e. The molecule has 0 aliphatic heterocycles. The highest BCUT2D eigenvalue weighted by molar-refractivity contribution is 7.87. The van der Waals surface area contributed by atoms with Crippen LogP contribution in [0.15, 0.2) is 54.3 Å². The summed E-state index contributed by atoms with van der Waals surface area (Å²) < 4.78 is 116. The fraction of sp³-hybridized carbons (Fsp3) is 0.333. The van der Waals surface area contributed by atoms with E-state index >= 15 is 0 Å². The Bertz CT molecular complexity index is 1650. The summed E-state index contributed by atoms with van der Waals surface area (Å²) in [7, 11) is -5.16. The van der Waals surface area contributed by atoms with Crippen LogP contribution >= 0.6 is 0 Å². The number of hydrogen-bond donors (Lipinski definition) is 1. The van der Waals surface area contributed by atoms with Crippen LogP contribution in [-0.4, -0.2) is 38.7 Å². The molecule has 7 nitrogen and oxygen atoms in total. The van der Waals surface area contributed by atoms with Gasteiger partial charge in [-0.25, -0.2) is 30.7 Å². The lowest BCUT2D eigenvalue weighted by atomic mass is 10.0. The van der Waals surface area contributed by atoms with Crippen molar-refractivity contribution < 1.29 is 53.0 Å². The number of allylic oxidation sites excluding steroid dienone is 2. The standard InChI is InChI=1S/C13H9F2N.C8H6F3NO3S.C6H4BF2O2/c1-16-13-9-4-8(5-10(9)13)7-2-3-11(14)12(15)6-7;1-12-7-5-2-4(3-6(5)7)15-16(13,14)8(9,10)11;8-5-2-1-4(11-7-10)3-6(5)9/h2-4,6,9-10,13H,5H2;2,5-7H,3H2;1-3,10H/t9-,10+,13+;5-,6+,7+;/m00./s1. The maximum Gasteiger partial charge on any atom is 0.569 e. The lowest BCUT2D eigenvalue weighted by molar-refractivity contribution is -0.0523. The Morgan fingerprint density at radius 3 is 1.84 bits per heavy atom. The molecule has 0 heterocycles. The number of nitrogens with zero attached hydrogens (tertiary/aromatic N) is 2. The van der Waals surface area contributed by atoms with E-state index in [4.69, 9.17) is 18.2 Å². The zero-order chi connectivity index (χ0) is 31.7. The minimum Gasteiger partial charge on any atom is -0.537 e. The van der Waals surface area contributed by atoms with Crippen LogP contribution in [0.25, 0.3) is 15.3 Å². The Morgan fingerprint density at radius 1 is 0.837 bits per heavy atom. The molecule has 2 aromatic rings. The normalized spacial score (nSPS) is 25.9. The van der Waals surface area contributed by atoms with Gasteiger partial charge in [0.05, 0.1) is 23.7 Å². The van der Waals surface area contributed by atoms with E-state index in [1.54, 1.807) is 6.07 Å². The second-order valence-electron chi connectivity index (χ2n) is 9.87. The van der Waals surface area contributed by atoms with Crippen LogP contribution in [0.3, 0.4) is 0 Å². The van der Waals surface area contributed by atoms with E-state index < -0.39 is 38.9 Å². The summed E-state index contributed by atoms with van der Waals surface area (Å²) in [6.45, 7) is 13.7. The van der Waals surface area contributed by atoms with E-state index in [2.05, 4.69) is 18.5 Å². The Kier molecular flexibility index (Phi) is 9.13. The topological polar surface area (TPSA) is 81.5 Å². The fourth-order valence-corrected chi connectivity index (χ4v) is 5.42. The van der Waals surface area contributed by atoms with Gasteiger partial charge in [0.1, 0.15) is 11.5 Å². The molecule has 2 fully saturated rings. The van der Waals surface area contributed by atoms with Crippen LogP contribution in [0, 0.1) is 60.1 Å². The van der Waals surface area contributed by atoms with Gasteiger partial charge < -0.3 is 23.6 Å². The maximum absolute atomic E-state index is 13.0. The molecule has 4 aliphatic rings. The number of rotatable bonds is 5. The molecule has 2 aromatic carbocycles. The van der Waals surface area contributed by atoms with Crippen LogP contribution in [0.1, 0.15) is 18.4 Å². The van der Waals surface area contributed by atoms with E-state index in [0.717, 1.165) is 35.8 Å². The summed E-state index contributed by atoms with van der Waals surface area (Å²) in [6, 6.07) is 6.85. The lowest BCUT2D eigenvalue weighted by Gasteiger charge is -2.10. The van der Waals surface area contributed by atoms with Gasteiger partial charge >= 0.3 is 23.3 Å². The van der Waals surface area contributed by atoms with Crippen molar-refractivity contribution >= 4 is 23.4 Å². The quantitative estimate of drug-likeness (QED) is 0.149. The first kappa shape index (κ1) is 31.9. The predicted molar refractivity (Wildman–Crippen MR) is 137 cm³/mol. The lowest BCUT2D eigenvalue weighted by Crippen LogP contribution is -2.25. The van der Waals surface area contributed by atoms with E-state index in [9.17, 15) is 39.2 Å². The van der Waals surface area contributed by atoms with Gasteiger partial charge in [0.2, 0.25) is 12.1 Å². The summed E-state index contributed by atoms with van der Waals surface area (Å²) in [5.74, 6) is -3.18. The minimum atomic E-state index is -5.55. The molecule has 16 heteroatoms. The summed E-state index contributed by atoms with van der Waals surface area (Å²) >= 11 is 0. The van der Waals surface area contributed by atoms with Gasteiger partial charge in [-0.1, -0.05) is 12.1 Å². The third-order valence-corrected chi connectivity index (χ3v) is 8.21. The summed E-state index contributed by atoms with van der Waals surface area (Å²) in [4.78, 5) is 6.76. The summed E-state index contributed by atoms with van der Waals surface area (Å²) in [5, 5.41) is 8.12. The molecule has 1 N–H and O–H groups in total. The second kappa shape index (κ2) is 12.3. The minimum absolute atomic E-state index is 0.0476. The highest BCUT2D eigenvalue weighted by atomic mass is 32.2. The van der Waals surface area contributed by atoms with Crippen LogP contribution in [-0.2, 0) is 14.3 Å². The van der Waals surface area contributed by atoms with Gasteiger partial charge in [-0.2, -0.15) is 21.6 Å². The molecule has 2 saturated carbocycles. The van der Waals surface area contributed by atoms with Crippen molar-refractivity contribution in [2.75, 3.05) is 0 Å². The highest BCUT2D eigenvalue weighted by Crippen LogP contribution is 2.55. The molecular weight excluding hydrogens is 608 g/mol. The third kappa shape index (κ3) is 7.14. The average molecular weight is 627 g/mol. The molecule has 4 aliphatic carbocycles. The maximum atomic E-state index is 13.0. The van der Waals surface area contributed by atoms with Gasteiger partial charge in [0.15, 0.2) is 23.3 Å². The Morgan fingerprint density at radius 2 is 1.40 bits per heavy atom. The first-order valence-electron chi connectivity index (χ1n) is 12.4. The van der Waals surface area contributed by atoms with Gasteiger partial charge in [0, 0.05) is 12.5 Å². The number of alkyl halides is 3. The van der Waals surface area contributed by atoms with Crippen LogP contribution in [0.2, 0.25) is 0 Å². The van der Waals surface area contributed by atoms with Crippen molar-refractivity contribution in [3.63, 3.8) is 0 Å². The Hall–Kier alpha value is -4.02. The predicted octanol–water partition coefficient (Wildman–Crippen LogP) is 5.83. The number of hydrogen-bond acceptors (Lipinski definition) is 5. The van der Waals surface area contributed by atoms with Crippen LogP contribution in [0.5, 0.6) is 5.75 Å². The molecule has 0 amide bonds. The molecule has 0 spiro atoms. The number of benzene rings is 2. The third-order valence-electron chi connectivity index (χ3n) is 7.21. The molecule has 225 valence electrons. The van der Waals surface area contributed by atoms with E-state index in [1.807, 2.05) is 6.08 Å².